The quantitative estimate of drug-likeness (QED) is 0.755. The highest BCUT2D eigenvalue weighted by atomic mass is 16.5. The highest BCUT2D eigenvalue weighted by Crippen LogP contribution is 2.31. The molecular formula is C19H35N3O3. The van der Waals surface area contributed by atoms with E-state index in [1.165, 1.54) is 20.0 Å². The van der Waals surface area contributed by atoms with Crippen molar-refractivity contribution in [2.45, 2.75) is 76.2 Å². The van der Waals surface area contributed by atoms with E-state index in [-0.39, 0.29) is 12.0 Å². The smallest absolute Gasteiger partial charge is 0.323 e. The van der Waals surface area contributed by atoms with Gasteiger partial charge < -0.3 is 9.47 Å². The summed E-state index contributed by atoms with van der Waals surface area (Å²) in [6, 6.07) is 1.31. The molecule has 3 rings (SSSR count). The Morgan fingerprint density at radius 1 is 1.20 bits per heavy atom. The van der Waals surface area contributed by atoms with Crippen LogP contribution in [0, 0.1) is 5.92 Å². The van der Waals surface area contributed by atoms with Crippen molar-refractivity contribution in [1.82, 2.24) is 15.1 Å². The van der Waals surface area contributed by atoms with Crippen molar-refractivity contribution in [2.24, 2.45) is 5.92 Å². The summed E-state index contributed by atoms with van der Waals surface area (Å²) in [7, 11) is 3.33. The van der Waals surface area contributed by atoms with Gasteiger partial charge in [-0.3, -0.25) is 19.9 Å². The number of nitrogens with one attached hydrogen (secondary N) is 1. The summed E-state index contributed by atoms with van der Waals surface area (Å²) in [5.41, 5.74) is 0. The van der Waals surface area contributed by atoms with Crippen LogP contribution in [0.25, 0.3) is 0 Å². The average molecular weight is 354 g/mol. The van der Waals surface area contributed by atoms with Gasteiger partial charge in [-0.2, -0.15) is 0 Å². The Bertz CT molecular complexity index is 451. The molecule has 0 aromatic carbocycles. The number of carbonyl (C=O) groups excluding carboxylic acids is 1. The van der Waals surface area contributed by atoms with Gasteiger partial charge in [-0.15, -0.1) is 0 Å². The van der Waals surface area contributed by atoms with Crippen LogP contribution < -0.4 is 5.32 Å². The Morgan fingerprint density at radius 2 is 1.92 bits per heavy atom. The van der Waals surface area contributed by atoms with Gasteiger partial charge in [0.25, 0.3) is 0 Å². The van der Waals surface area contributed by atoms with Crippen LogP contribution in [0.1, 0.15) is 46.0 Å². The minimum atomic E-state index is -0.106. The molecule has 3 aliphatic rings. The third-order valence-corrected chi connectivity index (χ3v) is 6.52. The summed E-state index contributed by atoms with van der Waals surface area (Å²) in [6.07, 6.45) is 5.96. The first-order valence-electron chi connectivity index (χ1n) is 9.87. The maximum Gasteiger partial charge on any atom is 0.323 e. The number of nitrogens with zero attached hydrogens (tertiary/aromatic N) is 2. The standard InChI is InChI=1S/C19H35N3O3/c1-13(2)22-12-20-16-9-17(19(23)25-4)21(11-18(16)22)10-14-5-7-15(24-3)8-6-14/h13-18,20H,5-12H2,1-4H3. The van der Waals surface area contributed by atoms with Crippen molar-refractivity contribution < 1.29 is 14.3 Å². The molecule has 2 heterocycles. The van der Waals surface area contributed by atoms with E-state index < -0.39 is 0 Å². The minimum Gasteiger partial charge on any atom is -0.468 e. The summed E-state index contributed by atoms with van der Waals surface area (Å²) in [5.74, 6) is 0.589. The second kappa shape index (κ2) is 8.33. The molecule has 6 nitrogen and oxygen atoms in total. The van der Waals surface area contributed by atoms with Crippen molar-refractivity contribution in [3.63, 3.8) is 0 Å². The highest BCUT2D eigenvalue weighted by molar-refractivity contribution is 5.76. The third kappa shape index (κ3) is 4.18. The Balaban J connectivity index is 1.66. The molecule has 1 N–H and O–H groups in total. The molecule has 0 aromatic rings. The molecule has 144 valence electrons. The average Bonchev–Trinajstić information content (AvgIpc) is 3.04. The number of piperidine rings is 1. The number of hydrogen-bond acceptors (Lipinski definition) is 6. The van der Waals surface area contributed by atoms with Gasteiger partial charge in [0.2, 0.25) is 0 Å². The van der Waals surface area contributed by atoms with Crippen LogP contribution in [0.15, 0.2) is 0 Å². The first-order chi connectivity index (χ1) is 12.0. The van der Waals surface area contributed by atoms with Gasteiger partial charge in [-0.1, -0.05) is 0 Å². The van der Waals surface area contributed by atoms with E-state index in [1.807, 2.05) is 7.11 Å². The third-order valence-electron chi connectivity index (χ3n) is 6.52. The zero-order valence-electron chi connectivity index (χ0n) is 16.2. The number of ether oxygens (including phenoxy) is 2. The fourth-order valence-electron chi connectivity index (χ4n) is 4.97. The second-order valence-corrected chi connectivity index (χ2v) is 8.25. The largest absolute Gasteiger partial charge is 0.468 e. The van der Waals surface area contributed by atoms with Crippen LogP contribution >= 0.6 is 0 Å². The van der Waals surface area contributed by atoms with Crippen molar-refractivity contribution in [1.29, 1.82) is 0 Å². The molecule has 2 saturated heterocycles. The molecule has 0 aromatic heterocycles. The van der Waals surface area contributed by atoms with Gasteiger partial charge in [0, 0.05) is 45.0 Å². The predicted molar refractivity (Wildman–Crippen MR) is 97.3 cm³/mol. The lowest BCUT2D eigenvalue weighted by atomic mass is 9.85. The van der Waals surface area contributed by atoms with E-state index in [0.29, 0.717) is 30.1 Å². The molecule has 0 radical (unpaired) electrons. The number of carbonyl (C=O) groups is 1. The van der Waals surface area contributed by atoms with Crippen LogP contribution in [-0.2, 0) is 14.3 Å². The van der Waals surface area contributed by atoms with E-state index in [4.69, 9.17) is 9.47 Å². The molecule has 2 aliphatic heterocycles. The minimum absolute atomic E-state index is 0.0752. The Morgan fingerprint density at radius 3 is 2.52 bits per heavy atom. The summed E-state index contributed by atoms with van der Waals surface area (Å²) >= 11 is 0. The van der Waals surface area contributed by atoms with Gasteiger partial charge in [-0.05, 0) is 51.9 Å². The van der Waals surface area contributed by atoms with E-state index >= 15 is 0 Å². The number of esters is 1. The molecule has 0 bridgehead atoms. The van der Waals surface area contributed by atoms with Crippen molar-refractivity contribution in [3.8, 4) is 0 Å². The normalized spacial score (nSPS) is 37.2. The zero-order valence-corrected chi connectivity index (χ0v) is 16.2. The van der Waals surface area contributed by atoms with Gasteiger partial charge >= 0.3 is 5.97 Å². The Hall–Kier alpha value is -0.690. The number of fused-ring (bicyclic) bond motifs is 1. The number of likely N-dealkylation sites (tertiary alicyclic amines) is 1. The number of methoxy groups -OCH3 is 2. The van der Waals surface area contributed by atoms with Gasteiger partial charge in [0.05, 0.1) is 13.2 Å². The van der Waals surface area contributed by atoms with E-state index in [1.54, 1.807) is 0 Å². The molecule has 1 aliphatic carbocycles. The van der Waals surface area contributed by atoms with Gasteiger partial charge in [0.15, 0.2) is 0 Å². The van der Waals surface area contributed by atoms with Crippen molar-refractivity contribution >= 4 is 5.97 Å². The maximum absolute atomic E-state index is 12.4. The van der Waals surface area contributed by atoms with Gasteiger partial charge in [-0.25, -0.2) is 0 Å². The lowest BCUT2D eigenvalue weighted by Crippen LogP contribution is -2.60. The molecule has 3 unspecified atom stereocenters. The summed E-state index contributed by atoms with van der Waals surface area (Å²) in [6.45, 7) is 7.40. The number of hydrogen-bond donors (Lipinski definition) is 1. The fraction of sp³-hybridized carbons (Fsp3) is 0.947. The van der Waals surface area contributed by atoms with Crippen LogP contribution in [-0.4, -0.2) is 80.0 Å². The molecule has 3 fully saturated rings. The van der Waals surface area contributed by atoms with Gasteiger partial charge in [0.1, 0.15) is 6.04 Å². The fourth-order valence-corrected chi connectivity index (χ4v) is 4.97. The van der Waals surface area contributed by atoms with E-state index in [9.17, 15) is 4.79 Å². The zero-order chi connectivity index (χ0) is 18.0. The molecule has 1 saturated carbocycles. The Kier molecular flexibility index (Phi) is 6.36. The lowest BCUT2D eigenvalue weighted by Gasteiger charge is -2.44. The molecule has 6 heteroatoms. The topological polar surface area (TPSA) is 54.0 Å². The van der Waals surface area contributed by atoms with Crippen molar-refractivity contribution in [3.05, 3.63) is 0 Å². The van der Waals surface area contributed by atoms with Crippen LogP contribution in [0.3, 0.4) is 0 Å². The Labute approximate surface area is 152 Å². The van der Waals surface area contributed by atoms with E-state index in [0.717, 1.165) is 39.0 Å². The van der Waals surface area contributed by atoms with Crippen LogP contribution in [0.5, 0.6) is 0 Å². The lowest BCUT2D eigenvalue weighted by molar-refractivity contribution is -0.149. The summed E-state index contributed by atoms with van der Waals surface area (Å²) in [5, 5.41) is 3.61. The summed E-state index contributed by atoms with van der Waals surface area (Å²) in [4.78, 5) is 17.3. The molecule has 0 spiro atoms. The maximum atomic E-state index is 12.4. The van der Waals surface area contributed by atoms with Crippen molar-refractivity contribution in [2.75, 3.05) is 34.0 Å². The van der Waals surface area contributed by atoms with Crippen LogP contribution in [0.2, 0.25) is 0 Å². The van der Waals surface area contributed by atoms with Crippen LogP contribution in [0.4, 0.5) is 0 Å². The molecule has 25 heavy (non-hydrogen) atoms. The monoisotopic (exact) mass is 353 g/mol. The first-order valence-corrected chi connectivity index (χ1v) is 9.87. The SMILES string of the molecule is COC(=O)C1CC2NCN(C(C)C)C2CN1CC1CCC(OC)CC1. The molecule has 3 atom stereocenters. The molecule has 0 amide bonds. The predicted octanol–water partition coefficient (Wildman–Crippen LogP) is 1.45. The molecular weight excluding hydrogens is 318 g/mol. The second-order valence-electron chi connectivity index (χ2n) is 8.25. The van der Waals surface area contributed by atoms with E-state index in [2.05, 4.69) is 29.0 Å². The highest BCUT2D eigenvalue weighted by Gasteiger charge is 2.45. The first kappa shape index (κ1) is 19.1. The summed E-state index contributed by atoms with van der Waals surface area (Å²) < 4.78 is 10.6. The number of rotatable bonds is 5.